The minimum absolute atomic E-state index is 0.0633. The van der Waals surface area contributed by atoms with Gasteiger partial charge < -0.3 is 10.2 Å². The molecule has 4 aromatic rings. The molecule has 0 aliphatic carbocycles. The smallest absolute Gasteiger partial charge is 0.264 e. The predicted octanol–water partition coefficient (Wildman–Crippen LogP) is 6.51. The first-order chi connectivity index (χ1) is 21.1. The number of anilines is 1. The van der Waals surface area contributed by atoms with Crippen molar-refractivity contribution in [3.05, 3.63) is 130 Å². The van der Waals surface area contributed by atoms with Crippen molar-refractivity contribution in [3.63, 3.8) is 0 Å². The Morgan fingerprint density at radius 2 is 1.48 bits per heavy atom. The number of carbonyl (C=O) groups excluding carboxylic acids is 2. The Balaban J connectivity index is 1.80. The Labute approximate surface area is 269 Å². The number of hydrogen-bond donors (Lipinski definition) is 1. The Morgan fingerprint density at radius 1 is 0.841 bits per heavy atom. The molecule has 0 aromatic heterocycles. The van der Waals surface area contributed by atoms with Gasteiger partial charge in [-0.3, -0.25) is 13.9 Å². The summed E-state index contributed by atoms with van der Waals surface area (Å²) >= 11 is 3.44. The summed E-state index contributed by atoms with van der Waals surface area (Å²) in [4.78, 5) is 30.0. The molecule has 0 saturated heterocycles. The monoisotopic (exact) mass is 675 g/mol. The second kappa shape index (κ2) is 15.2. The van der Waals surface area contributed by atoms with Gasteiger partial charge in [0.05, 0.1) is 10.6 Å². The van der Waals surface area contributed by atoms with E-state index in [1.165, 1.54) is 17.0 Å². The highest BCUT2D eigenvalue weighted by atomic mass is 79.9. The van der Waals surface area contributed by atoms with Crippen LogP contribution in [0.15, 0.2) is 119 Å². The number of nitrogens with one attached hydrogen (secondary N) is 1. The van der Waals surface area contributed by atoms with E-state index in [4.69, 9.17) is 0 Å². The van der Waals surface area contributed by atoms with Gasteiger partial charge in [-0.15, -0.1) is 0 Å². The van der Waals surface area contributed by atoms with E-state index >= 15 is 0 Å². The van der Waals surface area contributed by atoms with Gasteiger partial charge in [0.2, 0.25) is 11.8 Å². The molecular formula is C35H38BrN3O4S. The third-order valence-corrected chi connectivity index (χ3v) is 9.70. The van der Waals surface area contributed by atoms with Crippen LogP contribution in [0.25, 0.3) is 0 Å². The van der Waals surface area contributed by atoms with Gasteiger partial charge >= 0.3 is 0 Å². The van der Waals surface area contributed by atoms with Crippen molar-refractivity contribution in [1.29, 1.82) is 0 Å². The summed E-state index contributed by atoms with van der Waals surface area (Å²) in [7, 11) is -4.14. The molecule has 4 rings (SSSR count). The lowest BCUT2D eigenvalue weighted by atomic mass is 10.0. The number of amides is 2. The fraction of sp³-hybridized carbons (Fsp3) is 0.257. The van der Waals surface area contributed by atoms with Gasteiger partial charge in [-0.05, 0) is 61.7 Å². The normalized spacial score (nSPS) is 12.6. The molecule has 44 heavy (non-hydrogen) atoms. The number of benzene rings is 4. The number of halogens is 1. The molecule has 7 nitrogen and oxygen atoms in total. The van der Waals surface area contributed by atoms with Crippen LogP contribution in [0.5, 0.6) is 0 Å². The van der Waals surface area contributed by atoms with Crippen molar-refractivity contribution in [3.8, 4) is 0 Å². The van der Waals surface area contributed by atoms with Crippen LogP contribution in [-0.2, 0) is 32.6 Å². The average Bonchev–Trinajstić information content (AvgIpc) is 3.02. The van der Waals surface area contributed by atoms with Crippen molar-refractivity contribution in [1.82, 2.24) is 10.2 Å². The third kappa shape index (κ3) is 8.57. The van der Waals surface area contributed by atoms with Crippen molar-refractivity contribution >= 4 is 43.5 Å². The van der Waals surface area contributed by atoms with E-state index < -0.39 is 28.5 Å². The van der Waals surface area contributed by atoms with E-state index in [0.717, 1.165) is 27.4 Å². The number of carbonyl (C=O) groups is 2. The van der Waals surface area contributed by atoms with Gasteiger partial charge in [0.1, 0.15) is 12.6 Å². The molecule has 0 bridgehead atoms. The summed E-state index contributed by atoms with van der Waals surface area (Å²) in [6, 6.07) is 31.2. The van der Waals surface area contributed by atoms with Crippen LogP contribution in [-0.4, -0.2) is 43.8 Å². The molecule has 230 valence electrons. The van der Waals surface area contributed by atoms with Crippen molar-refractivity contribution < 1.29 is 18.0 Å². The molecule has 0 unspecified atom stereocenters. The lowest BCUT2D eigenvalue weighted by Crippen LogP contribution is -2.54. The molecule has 4 aromatic carbocycles. The zero-order valence-corrected chi connectivity index (χ0v) is 27.6. The van der Waals surface area contributed by atoms with Crippen LogP contribution in [0.4, 0.5) is 5.69 Å². The number of hydrogen-bond acceptors (Lipinski definition) is 4. The highest BCUT2D eigenvalue weighted by molar-refractivity contribution is 9.10. The zero-order valence-electron chi connectivity index (χ0n) is 25.2. The molecule has 0 aliphatic rings. The van der Waals surface area contributed by atoms with Gasteiger partial charge in [0.25, 0.3) is 10.0 Å². The second-order valence-corrected chi connectivity index (χ2v) is 13.6. The van der Waals surface area contributed by atoms with E-state index in [2.05, 4.69) is 21.2 Å². The Morgan fingerprint density at radius 3 is 2.11 bits per heavy atom. The number of nitrogens with zero attached hydrogens (tertiary/aromatic N) is 2. The lowest BCUT2D eigenvalue weighted by molar-refractivity contribution is -0.140. The summed E-state index contributed by atoms with van der Waals surface area (Å²) in [5.41, 5.74) is 3.07. The maximum absolute atomic E-state index is 14.5. The molecule has 1 N–H and O–H groups in total. The minimum atomic E-state index is -4.14. The Kier molecular flexibility index (Phi) is 11.4. The van der Waals surface area contributed by atoms with E-state index in [-0.39, 0.29) is 29.8 Å². The summed E-state index contributed by atoms with van der Waals surface area (Å²) in [5.74, 6) is -0.782. The SMILES string of the molecule is CC[C@@H](C)NC(=O)[C@H](Cc1ccccc1)N(Cc1cccc(C)c1)C(=O)CN(c1cccc(Br)c1)S(=O)(=O)c1ccccc1. The van der Waals surface area contributed by atoms with E-state index in [1.807, 2.05) is 75.4 Å². The van der Waals surface area contributed by atoms with Crippen LogP contribution < -0.4 is 9.62 Å². The maximum Gasteiger partial charge on any atom is 0.264 e. The fourth-order valence-corrected chi connectivity index (χ4v) is 6.70. The average molecular weight is 677 g/mol. The quantitative estimate of drug-likeness (QED) is 0.175. The van der Waals surface area contributed by atoms with Crippen LogP contribution in [0.1, 0.15) is 37.0 Å². The maximum atomic E-state index is 14.5. The molecule has 0 aliphatic heterocycles. The first-order valence-corrected chi connectivity index (χ1v) is 16.8. The Hall–Kier alpha value is -3.95. The molecule has 0 saturated carbocycles. The molecule has 0 radical (unpaired) electrons. The largest absolute Gasteiger partial charge is 0.352 e. The number of sulfonamides is 1. The second-order valence-electron chi connectivity index (χ2n) is 10.8. The van der Waals surface area contributed by atoms with Gasteiger partial charge in [-0.25, -0.2) is 8.42 Å². The molecule has 2 atom stereocenters. The number of rotatable bonds is 13. The highest BCUT2D eigenvalue weighted by Gasteiger charge is 2.35. The van der Waals surface area contributed by atoms with Gasteiger partial charge in [-0.2, -0.15) is 0 Å². The fourth-order valence-electron chi connectivity index (χ4n) is 4.88. The Bertz CT molecular complexity index is 1670. The van der Waals surface area contributed by atoms with Gasteiger partial charge in [0.15, 0.2) is 0 Å². The molecule has 0 heterocycles. The highest BCUT2D eigenvalue weighted by Crippen LogP contribution is 2.27. The van der Waals surface area contributed by atoms with Crippen LogP contribution in [0.3, 0.4) is 0 Å². The lowest BCUT2D eigenvalue weighted by Gasteiger charge is -2.34. The first-order valence-electron chi connectivity index (χ1n) is 14.6. The van der Waals surface area contributed by atoms with Crippen molar-refractivity contribution in [2.75, 3.05) is 10.8 Å². The van der Waals surface area contributed by atoms with Crippen LogP contribution in [0, 0.1) is 6.92 Å². The standard InChI is InChI=1S/C35H38BrN3O4S/c1-4-27(3)37-35(41)33(22-28-14-7-5-8-15-28)38(24-29-16-11-13-26(2)21-29)34(40)25-39(31-18-12-17-30(36)23-31)44(42,43)32-19-9-6-10-20-32/h5-21,23,27,33H,4,22,24-25H2,1-3H3,(H,37,41)/t27-,33+/m1/s1. The van der Waals surface area contributed by atoms with Crippen molar-refractivity contribution in [2.45, 2.75) is 57.1 Å². The summed E-state index contributed by atoms with van der Waals surface area (Å²) < 4.78 is 29.9. The summed E-state index contributed by atoms with van der Waals surface area (Å²) in [6.07, 6.45) is 0.991. The van der Waals surface area contributed by atoms with Gasteiger partial charge in [-0.1, -0.05) is 107 Å². The van der Waals surface area contributed by atoms with E-state index in [0.29, 0.717) is 10.2 Å². The van der Waals surface area contributed by atoms with Gasteiger partial charge in [0, 0.05) is 23.5 Å². The van der Waals surface area contributed by atoms with Crippen LogP contribution >= 0.6 is 15.9 Å². The van der Waals surface area contributed by atoms with Crippen LogP contribution in [0.2, 0.25) is 0 Å². The zero-order chi connectivity index (χ0) is 31.7. The molecular weight excluding hydrogens is 638 g/mol. The van der Waals surface area contributed by atoms with E-state index in [1.54, 1.807) is 42.5 Å². The predicted molar refractivity (Wildman–Crippen MR) is 179 cm³/mol. The van der Waals surface area contributed by atoms with E-state index in [9.17, 15) is 18.0 Å². The summed E-state index contributed by atoms with van der Waals surface area (Å²) in [6.45, 7) is 5.50. The molecule has 0 spiro atoms. The number of aryl methyl sites for hydroxylation is 1. The third-order valence-electron chi connectivity index (χ3n) is 7.41. The molecule has 0 fully saturated rings. The molecule has 2 amide bonds. The first kappa shape index (κ1) is 33.0. The van der Waals surface area contributed by atoms with Crippen molar-refractivity contribution in [2.24, 2.45) is 0 Å². The minimum Gasteiger partial charge on any atom is -0.352 e. The topological polar surface area (TPSA) is 86.8 Å². The molecule has 9 heteroatoms. The summed E-state index contributed by atoms with van der Waals surface area (Å²) in [5, 5.41) is 3.06.